The van der Waals surface area contributed by atoms with Gasteiger partial charge in [0.15, 0.2) is 0 Å². The average molecular weight is 641 g/mol. The number of halogens is 1. The lowest BCUT2D eigenvalue weighted by Crippen LogP contribution is -2.53. The molecule has 41 heavy (non-hydrogen) atoms. The number of carbonyl (C=O) groups is 2. The lowest BCUT2D eigenvalue weighted by atomic mass is 9.95. The summed E-state index contributed by atoms with van der Waals surface area (Å²) in [4.78, 5) is 29.2. The number of hydrogen-bond donors (Lipinski definition) is 1. The summed E-state index contributed by atoms with van der Waals surface area (Å²) >= 11 is 3.45. The first-order valence-electron chi connectivity index (χ1n) is 14.2. The summed E-state index contributed by atoms with van der Waals surface area (Å²) < 4.78 is 30.1. The second kappa shape index (κ2) is 14.1. The van der Waals surface area contributed by atoms with E-state index in [4.69, 9.17) is 0 Å². The molecule has 1 aliphatic rings. The maximum absolute atomic E-state index is 14.1. The van der Waals surface area contributed by atoms with Crippen molar-refractivity contribution in [2.45, 2.75) is 75.9 Å². The van der Waals surface area contributed by atoms with Crippen molar-refractivity contribution >= 4 is 43.5 Å². The minimum Gasteiger partial charge on any atom is -0.352 e. The predicted octanol–water partition coefficient (Wildman–Crippen LogP) is 6.07. The fourth-order valence-corrected chi connectivity index (χ4v) is 6.96. The Labute approximate surface area is 252 Å². The number of hydrogen-bond acceptors (Lipinski definition) is 4. The molecular formula is C32H38BrN3O4S. The maximum atomic E-state index is 14.1. The van der Waals surface area contributed by atoms with Crippen LogP contribution in [0.15, 0.2) is 88.2 Å². The molecule has 7 nitrogen and oxygen atoms in total. The SMILES string of the molecule is CCc1ccccc1N(CC(=O)N(Cc1ccc(Br)cc1)C(C)C(=O)NC1CCCCC1)S(=O)(=O)c1ccccc1. The molecule has 0 saturated heterocycles. The minimum absolute atomic E-state index is 0.0923. The van der Waals surface area contributed by atoms with Crippen molar-refractivity contribution in [2.75, 3.05) is 10.8 Å². The molecule has 0 aromatic heterocycles. The van der Waals surface area contributed by atoms with Crippen LogP contribution >= 0.6 is 15.9 Å². The molecule has 3 aromatic carbocycles. The van der Waals surface area contributed by atoms with Gasteiger partial charge in [-0.1, -0.05) is 90.6 Å². The van der Waals surface area contributed by atoms with Gasteiger partial charge in [-0.2, -0.15) is 0 Å². The number of nitrogens with one attached hydrogen (secondary N) is 1. The molecule has 1 saturated carbocycles. The van der Waals surface area contributed by atoms with Crippen molar-refractivity contribution in [1.29, 1.82) is 0 Å². The number of aryl methyl sites for hydroxylation is 1. The van der Waals surface area contributed by atoms with E-state index >= 15 is 0 Å². The zero-order valence-electron chi connectivity index (χ0n) is 23.6. The molecule has 1 aliphatic carbocycles. The van der Waals surface area contributed by atoms with Crippen molar-refractivity contribution in [1.82, 2.24) is 10.2 Å². The fourth-order valence-electron chi connectivity index (χ4n) is 5.22. The third-order valence-electron chi connectivity index (χ3n) is 7.64. The van der Waals surface area contributed by atoms with Gasteiger partial charge in [-0.25, -0.2) is 8.42 Å². The van der Waals surface area contributed by atoms with E-state index in [2.05, 4.69) is 21.2 Å². The van der Waals surface area contributed by atoms with Crippen LogP contribution in [0.5, 0.6) is 0 Å². The van der Waals surface area contributed by atoms with Gasteiger partial charge in [0.2, 0.25) is 11.8 Å². The highest BCUT2D eigenvalue weighted by atomic mass is 79.9. The van der Waals surface area contributed by atoms with Crippen molar-refractivity contribution in [3.05, 3.63) is 94.5 Å². The van der Waals surface area contributed by atoms with Crippen molar-refractivity contribution in [2.24, 2.45) is 0 Å². The molecule has 2 amide bonds. The van der Waals surface area contributed by atoms with Crippen LogP contribution in [0.1, 0.15) is 57.1 Å². The Hall–Kier alpha value is -3.17. The normalized spacial score (nSPS) is 14.7. The summed E-state index contributed by atoms with van der Waals surface area (Å²) in [5, 5.41) is 3.14. The number of rotatable bonds is 11. The second-order valence-corrected chi connectivity index (χ2v) is 13.3. The Morgan fingerprint density at radius 2 is 1.56 bits per heavy atom. The Morgan fingerprint density at radius 1 is 0.927 bits per heavy atom. The lowest BCUT2D eigenvalue weighted by Gasteiger charge is -2.33. The monoisotopic (exact) mass is 639 g/mol. The first kappa shape index (κ1) is 30.8. The summed E-state index contributed by atoms with van der Waals surface area (Å²) in [5.41, 5.74) is 2.10. The summed E-state index contributed by atoms with van der Waals surface area (Å²) in [6.07, 6.45) is 5.76. The summed E-state index contributed by atoms with van der Waals surface area (Å²) in [6.45, 7) is 3.39. The Kier molecular flexibility index (Phi) is 10.6. The van der Waals surface area contributed by atoms with E-state index < -0.39 is 28.5 Å². The number of amides is 2. The first-order chi connectivity index (χ1) is 19.7. The number of anilines is 1. The quantitative estimate of drug-likeness (QED) is 0.276. The molecule has 1 atom stereocenters. The lowest BCUT2D eigenvalue weighted by molar-refractivity contribution is -0.139. The summed E-state index contributed by atoms with van der Waals surface area (Å²) in [7, 11) is -4.08. The molecule has 0 spiro atoms. The van der Waals surface area contributed by atoms with Gasteiger partial charge < -0.3 is 10.2 Å². The van der Waals surface area contributed by atoms with E-state index in [0.717, 1.165) is 41.3 Å². The third kappa shape index (κ3) is 7.77. The van der Waals surface area contributed by atoms with Crippen LogP contribution in [0.4, 0.5) is 5.69 Å². The van der Waals surface area contributed by atoms with Crippen LogP contribution < -0.4 is 9.62 Å². The number of sulfonamides is 1. The van der Waals surface area contributed by atoms with E-state index in [9.17, 15) is 18.0 Å². The Balaban J connectivity index is 1.69. The van der Waals surface area contributed by atoms with E-state index in [-0.39, 0.29) is 23.4 Å². The van der Waals surface area contributed by atoms with Gasteiger partial charge in [0.05, 0.1) is 10.6 Å². The van der Waals surface area contributed by atoms with Gasteiger partial charge in [0, 0.05) is 17.1 Å². The first-order valence-corrected chi connectivity index (χ1v) is 16.4. The smallest absolute Gasteiger partial charge is 0.264 e. The van der Waals surface area contributed by atoms with Crippen LogP contribution in [0, 0.1) is 0 Å². The standard InChI is InChI=1S/C32H38BrN3O4S/c1-3-26-12-10-11-17-30(26)36(41(39,40)29-15-8-5-9-16-29)23-31(37)35(22-25-18-20-27(33)21-19-25)24(2)32(38)34-28-13-6-4-7-14-28/h5,8-12,15-21,24,28H,3-4,6-7,13-14,22-23H2,1-2H3,(H,34,38). The Morgan fingerprint density at radius 3 is 2.22 bits per heavy atom. The van der Waals surface area contributed by atoms with Crippen molar-refractivity contribution < 1.29 is 18.0 Å². The Bertz CT molecular complexity index is 1420. The molecule has 1 unspecified atom stereocenters. The molecule has 0 radical (unpaired) electrons. The third-order valence-corrected chi connectivity index (χ3v) is 9.94. The van der Waals surface area contributed by atoms with Crippen LogP contribution in [0.3, 0.4) is 0 Å². The molecule has 0 heterocycles. The largest absolute Gasteiger partial charge is 0.352 e. The molecule has 3 aromatic rings. The van der Waals surface area contributed by atoms with Crippen molar-refractivity contribution in [3.8, 4) is 0 Å². The fraction of sp³-hybridized carbons (Fsp3) is 0.375. The van der Waals surface area contributed by atoms with Gasteiger partial charge >= 0.3 is 0 Å². The average Bonchev–Trinajstić information content (AvgIpc) is 3.00. The van der Waals surface area contributed by atoms with Crippen LogP contribution in [-0.2, 0) is 32.6 Å². The second-order valence-electron chi connectivity index (χ2n) is 10.5. The molecule has 1 N–H and O–H groups in total. The molecule has 4 rings (SSSR count). The minimum atomic E-state index is -4.08. The van der Waals surface area contributed by atoms with Gasteiger partial charge in [-0.05, 0) is 67.6 Å². The van der Waals surface area contributed by atoms with E-state index in [1.54, 1.807) is 37.3 Å². The van der Waals surface area contributed by atoms with Crippen LogP contribution in [-0.4, -0.2) is 43.8 Å². The molecule has 218 valence electrons. The topological polar surface area (TPSA) is 86.8 Å². The van der Waals surface area contributed by atoms with Gasteiger partial charge in [-0.15, -0.1) is 0 Å². The van der Waals surface area contributed by atoms with E-state index in [0.29, 0.717) is 12.1 Å². The highest BCUT2D eigenvalue weighted by molar-refractivity contribution is 9.10. The molecule has 1 fully saturated rings. The van der Waals surface area contributed by atoms with Crippen LogP contribution in [0.2, 0.25) is 0 Å². The number of benzene rings is 3. The highest BCUT2D eigenvalue weighted by Crippen LogP contribution is 2.28. The number of carbonyl (C=O) groups excluding carboxylic acids is 2. The van der Waals surface area contributed by atoms with E-state index in [1.165, 1.54) is 27.8 Å². The molecule has 0 aliphatic heterocycles. The van der Waals surface area contributed by atoms with Gasteiger partial charge in [0.25, 0.3) is 10.0 Å². The number of nitrogens with zero attached hydrogens (tertiary/aromatic N) is 2. The summed E-state index contributed by atoms with van der Waals surface area (Å²) in [6, 6.07) is 22.2. The predicted molar refractivity (Wildman–Crippen MR) is 166 cm³/mol. The van der Waals surface area contributed by atoms with Crippen molar-refractivity contribution in [3.63, 3.8) is 0 Å². The van der Waals surface area contributed by atoms with Gasteiger partial charge in [0.1, 0.15) is 12.6 Å². The highest BCUT2D eigenvalue weighted by Gasteiger charge is 2.33. The molecule has 9 heteroatoms. The van der Waals surface area contributed by atoms with E-state index in [1.807, 2.05) is 43.3 Å². The molecule has 0 bridgehead atoms. The maximum Gasteiger partial charge on any atom is 0.264 e. The number of para-hydroxylation sites is 1. The molecular weight excluding hydrogens is 602 g/mol. The zero-order valence-corrected chi connectivity index (χ0v) is 26.0. The summed E-state index contributed by atoms with van der Waals surface area (Å²) in [5.74, 6) is -0.682. The van der Waals surface area contributed by atoms with Gasteiger partial charge in [-0.3, -0.25) is 13.9 Å². The zero-order chi connectivity index (χ0) is 29.4. The van der Waals surface area contributed by atoms with Crippen LogP contribution in [0.25, 0.3) is 0 Å².